The minimum atomic E-state index is 0.633. The van der Waals surface area contributed by atoms with Crippen molar-refractivity contribution in [2.45, 2.75) is 6.42 Å². The van der Waals surface area contributed by atoms with E-state index in [0.717, 1.165) is 17.7 Å². The molecule has 0 unspecified atom stereocenters. The van der Waals surface area contributed by atoms with Gasteiger partial charge in [-0.15, -0.1) is 0 Å². The first-order valence-electron chi connectivity index (χ1n) is 4.80. The van der Waals surface area contributed by atoms with Gasteiger partial charge in [0.1, 0.15) is 0 Å². The molecule has 0 radical (unpaired) electrons. The summed E-state index contributed by atoms with van der Waals surface area (Å²) >= 11 is 6.06. The largest absolute Gasteiger partial charge is 0.330 e. The van der Waals surface area contributed by atoms with Crippen LogP contribution in [0.15, 0.2) is 36.7 Å². The summed E-state index contributed by atoms with van der Waals surface area (Å²) in [6.07, 6.45) is 4.61. The molecule has 1 aromatic carbocycles. The molecular weight excluding hydrogens is 210 g/mol. The molecular formula is C11H12ClN3. The smallest absolute Gasteiger partial charge is 0.0831 e. The van der Waals surface area contributed by atoms with Crippen LogP contribution >= 0.6 is 11.6 Å². The topological polar surface area (TPSA) is 43.8 Å². The van der Waals surface area contributed by atoms with Gasteiger partial charge < -0.3 is 5.73 Å². The van der Waals surface area contributed by atoms with E-state index in [1.807, 2.05) is 36.7 Å². The van der Waals surface area contributed by atoms with Crippen LogP contribution in [0.1, 0.15) is 5.56 Å². The molecule has 0 spiro atoms. The molecule has 0 aliphatic carbocycles. The Morgan fingerprint density at radius 1 is 1.33 bits per heavy atom. The second-order valence-corrected chi connectivity index (χ2v) is 3.69. The standard InChI is InChI=1S/C11H12ClN3/c12-10-3-1-2-4-11(10)15-8-9(5-6-13)7-14-15/h1-4,7-8H,5-6,13H2. The number of nitrogens with two attached hydrogens (primary N) is 1. The number of aromatic nitrogens is 2. The summed E-state index contributed by atoms with van der Waals surface area (Å²) in [6.45, 7) is 0.633. The first-order valence-corrected chi connectivity index (χ1v) is 5.17. The maximum Gasteiger partial charge on any atom is 0.0831 e. The van der Waals surface area contributed by atoms with Crippen molar-refractivity contribution in [1.82, 2.24) is 9.78 Å². The van der Waals surface area contributed by atoms with E-state index in [-0.39, 0.29) is 0 Å². The van der Waals surface area contributed by atoms with E-state index in [1.54, 1.807) is 4.68 Å². The Labute approximate surface area is 93.5 Å². The number of halogens is 1. The molecule has 0 amide bonds. The van der Waals surface area contributed by atoms with Gasteiger partial charge in [0, 0.05) is 6.20 Å². The molecule has 0 saturated carbocycles. The van der Waals surface area contributed by atoms with Gasteiger partial charge in [0.15, 0.2) is 0 Å². The average molecular weight is 222 g/mol. The molecule has 1 heterocycles. The zero-order valence-electron chi connectivity index (χ0n) is 8.23. The van der Waals surface area contributed by atoms with Gasteiger partial charge in [-0.3, -0.25) is 0 Å². The molecule has 3 nitrogen and oxygen atoms in total. The molecule has 78 valence electrons. The van der Waals surface area contributed by atoms with Crippen molar-refractivity contribution in [3.8, 4) is 5.69 Å². The zero-order chi connectivity index (χ0) is 10.7. The minimum Gasteiger partial charge on any atom is -0.330 e. The van der Waals surface area contributed by atoms with Crippen LogP contribution in [-0.4, -0.2) is 16.3 Å². The van der Waals surface area contributed by atoms with Crippen molar-refractivity contribution in [2.24, 2.45) is 5.73 Å². The summed E-state index contributed by atoms with van der Waals surface area (Å²) in [6, 6.07) is 7.62. The van der Waals surface area contributed by atoms with Gasteiger partial charge in [0.2, 0.25) is 0 Å². The predicted molar refractivity (Wildman–Crippen MR) is 61.3 cm³/mol. The van der Waals surface area contributed by atoms with Gasteiger partial charge in [-0.25, -0.2) is 4.68 Å². The fourth-order valence-electron chi connectivity index (χ4n) is 1.43. The molecule has 2 rings (SSSR count). The maximum absolute atomic E-state index is 6.06. The number of benzene rings is 1. The number of hydrogen-bond donors (Lipinski definition) is 1. The molecule has 1 aromatic heterocycles. The van der Waals surface area contributed by atoms with Crippen LogP contribution in [0.5, 0.6) is 0 Å². The van der Waals surface area contributed by atoms with Crippen LogP contribution in [-0.2, 0) is 6.42 Å². The molecule has 0 aliphatic heterocycles. The van der Waals surface area contributed by atoms with Crippen LogP contribution in [0.3, 0.4) is 0 Å². The summed E-state index contributed by atoms with van der Waals surface area (Å²) in [5.41, 5.74) is 7.49. The Morgan fingerprint density at radius 2 is 2.13 bits per heavy atom. The van der Waals surface area contributed by atoms with Crippen molar-refractivity contribution in [1.29, 1.82) is 0 Å². The van der Waals surface area contributed by atoms with Gasteiger partial charge >= 0.3 is 0 Å². The van der Waals surface area contributed by atoms with Crippen LogP contribution in [0.25, 0.3) is 5.69 Å². The van der Waals surface area contributed by atoms with E-state index in [2.05, 4.69) is 5.10 Å². The summed E-state index contributed by atoms with van der Waals surface area (Å²) in [5, 5.41) is 4.94. The van der Waals surface area contributed by atoms with Gasteiger partial charge in [0.25, 0.3) is 0 Å². The second-order valence-electron chi connectivity index (χ2n) is 3.28. The minimum absolute atomic E-state index is 0.633. The Hall–Kier alpha value is -1.32. The average Bonchev–Trinajstić information content (AvgIpc) is 2.68. The van der Waals surface area contributed by atoms with Crippen LogP contribution < -0.4 is 5.73 Å². The van der Waals surface area contributed by atoms with Crippen molar-refractivity contribution >= 4 is 11.6 Å². The Bertz CT molecular complexity index is 451. The quantitative estimate of drug-likeness (QED) is 0.862. The maximum atomic E-state index is 6.06. The van der Waals surface area contributed by atoms with E-state index in [4.69, 9.17) is 17.3 Å². The molecule has 0 bridgehead atoms. The van der Waals surface area contributed by atoms with Gasteiger partial charge in [-0.2, -0.15) is 5.10 Å². The van der Waals surface area contributed by atoms with E-state index < -0.39 is 0 Å². The van der Waals surface area contributed by atoms with E-state index >= 15 is 0 Å². The van der Waals surface area contributed by atoms with Crippen molar-refractivity contribution < 1.29 is 0 Å². The fraction of sp³-hybridized carbons (Fsp3) is 0.182. The van der Waals surface area contributed by atoms with Gasteiger partial charge in [-0.1, -0.05) is 23.7 Å². The highest BCUT2D eigenvalue weighted by Gasteiger charge is 2.03. The van der Waals surface area contributed by atoms with Crippen LogP contribution in [0, 0.1) is 0 Å². The molecule has 4 heteroatoms. The van der Waals surface area contributed by atoms with Gasteiger partial charge in [0.05, 0.1) is 16.9 Å². The molecule has 2 aromatic rings. The highest BCUT2D eigenvalue weighted by atomic mass is 35.5. The SMILES string of the molecule is NCCc1cnn(-c2ccccc2Cl)c1. The monoisotopic (exact) mass is 221 g/mol. The summed E-state index contributed by atoms with van der Waals surface area (Å²) in [4.78, 5) is 0. The predicted octanol–water partition coefficient (Wildman–Crippen LogP) is 2.03. The number of hydrogen-bond acceptors (Lipinski definition) is 2. The summed E-state index contributed by atoms with van der Waals surface area (Å²) < 4.78 is 1.77. The van der Waals surface area contributed by atoms with E-state index in [9.17, 15) is 0 Å². The van der Waals surface area contributed by atoms with Gasteiger partial charge in [-0.05, 0) is 30.7 Å². The van der Waals surface area contributed by atoms with E-state index in [1.165, 1.54) is 0 Å². The first-order chi connectivity index (χ1) is 7.31. The lowest BCUT2D eigenvalue weighted by Crippen LogP contribution is -2.01. The van der Waals surface area contributed by atoms with Crippen LogP contribution in [0.4, 0.5) is 0 Å². The lowest BCUT2D eigenvalue weighted by molar-refractivity contribution is 0.879. The van der Waals surface area contributed by atoms with Crippen LogP contribution in [0.2, 0.25) is 5.02 Å². The lowest BCUT2D eigenvalue weighted by Gasteiger charge is -2.02. The number of para-hydroxylation sites is 1. The Balaban J connectivity index is 2.33. The van der Waals surface area contributed by atoms with Crippen molar-refractivity contribution in [2.75, 3.05) is 6.54 Å². The third-order valence-corrected chi connectivity index (χ3v) is 2.49. The number of rotatable bonds is 3. The third kappa shape index (κ3) is 2.19. The molecule has 0 fully saturated rings. The second kappa shape index (κ2) is 4.47. The Kier molecular flexibility index (Phi) is 3.04. The number of nitrogens with zero attached hydrogens (tertiary/aromatic N) is 2. The normalized spacial score (nSPS) is 10.5. The zero-order valence-corrected chi connectivity index (χ0v) is 8.98. The lowest BCUT2D eigenvalue weighted by atomic mass is 10.2. The van der Waals surface area contributed by atoms with Crippen molar-refractivity contribution in [3.05, 3.63) is 47.2 Å². The summed E-state index contributed by atoms with van der Waals surface area (Å²) in [7, 11) is 0. The highest BCUT2D eigenvalue weighted by Crippen LogP contribution is 2.19. The fourth-order valence-corrected chi connectivity index (χ4v) is 1.65. The Morgan fingerprint density at radius 3 is 2.87 bits per heavy atom. The summed E-state index contributed by atoms with van der Waals surface area (Å²) in [5.74, 6) is 0. The van der Waals surface area contributed by atoms with E-state index in [0.29, 0.717) is 11.6 Å². The molecule has 0 aliphatic rings. The molecule has 0 saturated heterocycles. The third-order valence-electron chi connectivity index (χ3n) is 2.17. The van der Waals surface area contributed by atoms with Crippen molar-refractivity contribution in [3.63, 3.8) is 0 Å². The molecule has 15 heavy (non-hydrogen) atoms. The molecule has 2 N–H and O–H groups in total. The first kappa shape index (κ1) is 10.2. The molecule has 0 atom stereocenters. The highest BCUT2D eigenvalue weighted by molar-refractivity contribution is 6.32.